The molecule has 1 saturated heterocycles. The highest BCUT2D eigenvalue weighted by molar-refractivity contribution is 6.00. The van der Waals surface area contributed by atoms with E-state index in [0.717, 1.165) is 43.8 Å². The van der Waals surface area contributed by atoms with Crippen LogP contribution in [0.1, 0.15) is 64.8 Å². The van der Waals surface area contributed by atoms with Crippen LogP contribution in [0.5, 0.6) is 5.75 Å². The molecule has 0 unspecified atom stereocenters. The minimum absolute atomic E-state index is 0.0176. The Morgan fingerprint density at radius 1 is 1.19 bits per heavy atom. The smallest absolute Gasteiger partial charge is 0.263 e. The van der Waals surface area contributed by atoms with Crippen LogP contribution in [0.2, 0.25) is 0 Å². The highest BCUT2D eigenvalue weighted by Gasteiger charge is 2.18. The summed E-state index contributed by atoms with van der Waals surface area (Å²) in [6.45, 7) is 2.41. The second kappa shape index (κ2) is 11.6. The molecule has 0 bridgehead atoms. The van der Waals surface area contributed by atoms with Crippen molar-refractivity contribution in [2.75, 3.05) is 27.2 Å². The number of hydrogen-bond acceptors (Lipinski definition) is 5. The van der Waals surface area contributed by atoms with Crippen LogP contribution in [0, 0.1) is 5.92 Å². The second-order valence-corrected chi connectivity index (χ2v) is 8.37. The van der Waals surface area contributed by atoms with Crippen molar-refractivity contribution in [1.29, 1.82) is 0 Å². The largest absolute Gasteiger partial charge is 0.497 e. The monoisotopic (exact) mass is 439 g/mol. The van der Waals surface area contributed by atoms with Gasteiger partial charge >= 0.3 is 0 Å². The van der Waals surface area contributed by atoms with Crippen molar-refractivity contribution < 1.29 is 14.3 Å². The van der Waals surface area contributed by atoms with E-state index in [1.807, 2.05) is 24.3 Å². The molecule has 0 saturated carbocycles. The first kappa shape index (κ1) is 23.7. The predicted octanol–water partition coefficient (Wildman–Crippen LogP) is 3.01. The summed E-state index contributed by atoms with van der Waals surface area (Å²) in [5.74, 6) is 0.897. The SMILES string of the molecule is CNC(=O)c1cc(C(=O)CCCCC2CCNCC2)cn(Cc2cccc(OC)c2)c1=O. The van der Waals surface area contributed by atoms with E-state index in [1.54, 1.807) is 13.3 Å². The Balaban J connectivity index is 1.73. The van der Waals surface area contributed by atoms with Gasteiger partial charge in [-0.3, -0.25) is 14.4 Å². The third-order valence-electron chi connectivity index (χ3n) is 6.09. The number of benzene rings is 1. The molecule has 32 heavy (non-hydrogen) atoms. The molecule has 0 spiro atoms. The number of amides is 1. The van der Waals surface area contributed by atoms with E-state index in [1.165, 1.54) is 30.5 Å². The molecule has 172 valence electrons. The summed E-state index contributed by atoms with van der Waals surface area (Å²) in [4.78, 5) is 38.1. The van der Waals surface area contributed by atoms with Gasteiger partial charge in [0.25, 0.3) is 11.5 Å². The van der Waals surface area contributed by atoms with Gasteiger partial charge in [0.1, 0.15) is 11.3 Å². The topological polar surface area (TPSA) is 89.4 Å². The van der Waals surface area contributed by atoms with Gasteiger partial charge in [-0.15, -0.1) is 0 Å². The van der Waals surface area contributed by atoms with E-state index >= 15 is 0 Å². The molecule has 2 aromatic rings. The lowest BCUT2D eigenvalue weighted by atomic mass is 9.92. The molecule has 0 atom stereocenters. The van der Waals surface area contributed by atoms with Crippen LogP contribution in [0.15, 0.2) is 41.3 Å². The number of ether oxygens (including phenoxy) is 1. The zero-order valence-corrected chi connectivity index (χ0v) is 19.0. The van der Waals surface area contributed by atoms with Gasteiger partial charge < -0.3 is 19.9 Å². The molecular weight excluding hydrogens is 406 g/mol. The van der Waals surface area contributed by atoms with Crippen molar-refractivity contribution in [2.24, 2.45) is 5.92 Å². The lowest BCUT2D eigenvalue weighted by Crippen LogP contribution is -2.32. The summed E-state index contributed by atoms with van der Waals surface area (Å²) in [5.41, 5.74) is 0.805. The standard InChI is InChI=1S/C25H33N3O4/c1-26-24(30)22-15-20(23(29)9-4-3-6-18-10-12-27-13-11-18)17-28(25(22)31)16-19-7-5-8-21(14-19)32-2/h5,7-8,14-15,17-18,27H,3-4,6,9-13,16H2,1-2H3,(H,26,30). The van der Waals surface area contributed by atoms with Gasteiger partial charge in [0.05, 0.1) is 13.7 Å². The Morgan fingerprint density at radius 2 is 1.97 bits per heavy atom. The van der Waals surface area contributed by atoms with Gasteiger partial charge in [-0.05, 0) is 62.0 Å². The van der Waals surface area contributed by atoms with Crippen LogP contribution in [0.3, 0.4) is 0 Å². The zero-order chi connectivity index (χ0) is 22.9. The number of pyridine rings is 1. The number of unbranched alkanes of at least 4 members (excludes halogenated alkanes) is 1. The molecule has 1 aliphatic heterocycles. The molecule has 1 aromatic heterocycles. The van der Waals surface area contributed by atoms with Crippen molar-refractivity contribution in [3.8, 4) is 5.75 Å². The third kappa shape index (κ3) is 6.29. The van der Waals surface area contributed by atoms with E-state index in [-0.39, 0.29) is 17.9 Å². The lowest BCUT2D eigenvalue weighted by Gasteiger charge is -2.22. The molecular formula is C25H33N3O4. The quantitative estimate of drug-likeness (QED) is 0.439. The fourth-order valence-electron chi connectivity index (χ4n) is 4.20. The molecule has 1 fully saturated rings. The Kier molecular flexibility index (Phi) is 8.62. The van der Waals surface area contributed by atoms with Crippen LogP contribution in [0.25, 0.3) is 0 Å². The summed E-state index contributed by atoms with van der Waals surface area (Å²) >= 11 is 0. The number of piperidine rings is 1. The van der Waals surface area contributed by atoms with Crippen LogP contribution in [0.4, 0.5) is 0 Å². The maximum Gasteiger partial charge on any atom is 0.263 e. The van der Waals surface area contributed by atoms with E-state index in [9.17, 15) is 14.4 Å². The van der Waals surface area contributed by atoms with Crippen molar-refractivity contribution in [3.63, 3.8) is 0 Å². The Morgan fingerprint density at radius 3 is 2.69 bits per heavy atom. The molecule has 1 amide bonds. The highest BCUT2D eigenvalue weighted by Crippen LogP contribution is 2.20. The minimum Gasteiger partial charge on any atom is -0.497 e. The minimum atomic E-state index is -0.491. The fourth-order valence-corrected chi connectivity index (χ4v) is 4.20. The molecule has 0 aliphatic carbocycles. The van der Waals surface area contributed by atoms with Crippen molar-refractivity contribution in [1.82, 2.24) is 15.2 Å². The first-order valence-electron chi connectivity index (χ1n) is 11.3. The maximum atomic E-state index is 12.9. The summed E-state index contributed by atoms with van der Waals surface area (Å²) in [6, 6.07) is 8.81. The summed E-state index contributed by atoms with van der Waals surface area (Å²) < 4.78 is 6.69. The van der Waals surface area contributed by atoms with E-state index < -0.39 is 11.5 Å². The van der Waals surface area contributed by atoms with Crippen molar-refractivity contribution in [2.45, 2.75) is 45.1 Å². The highest BCUT2D eigenvalue weighted by atomic mass is 16.5. The van der Waals surface area contributed by atoms with Gasteiger partial charge in [-0.25, -0.2) is 0 Å². The number of ketones is 1. The summed E-state index contributed by atoms with van der Waals surface area (Å²) in [7, 11) is 3.06. The van der Waals surface area contributed by atoms with Crippen LogP contribution >= 0.6 is 0 Å². The summed E-state index contributed by atoms with van der Waals surface area (Å²) in [6.07, 6.45) is 7.37. The van der Waals surface area contributed by atoms with Gasteiger partial charge in [0, 0.05) is 25.2 Å². The molecule has 1 aliphatic rings. The number of nitrogens with one attached hydrogen (secondary N) is 2. The zero-order valence-electron chi connectivity index (χ0n) is 19.0. The number of carbonyl (C=O) groups is 2. The molecule has 0 radical (unpaired) electrons. The van der Waals surface area contributed by atoms with Crippen molar-refractivity contribution >= 4 is 11.7 Å². The third-order valence-corrected chi connectivity index (χ3v) is 6.09. The number of nitrogens with zero attached hydrogens (tertiary/aromatic N) is 1. The Bertz CT molecular complexity index is 993. The number of rotatable bonds is 10. The van der Waals surface area contributed by atoms with Crippen LogP contribution in [-0.4, -0.2) is 43.5 Å². The molecule has 7 heteroatoms. The number of methoxy groups -OCH3 is 1. The number of aromatic nitrogens is 1. The number of hydrogen-bond donors (Lipinski definition) is 2. The van der Waals surface area contributed by atoms with Crippen LogP contribution in [-0.2, 0) is 6.54 Å². The van der Waals surface area contributed by atoms with Gasteiger partial charge in [0.15, 0.2) is 5.78 Å². The van der Waals surface area contributed by atoms with E-state index in [2.05, 4.69) is 10.6 Å². The molecule has 2 N–H and O–H groups in total. The van der Waals surface area contributed by atoms with E-state index in [4.69, 9.17) is 4.74 Å². The Labute approximate surface area is 189 Å². The molecule has 3 rings (SSSR count). The second-order valence-electron chi connectivity index (χ2n) is 8.37. The van der Waals surface area contributed by atoms with Gasteiger partial charge in [-0.2, -0.15) is 0 Å². The molecule has 1 aromatic carbocycles. The average molecular weight is 440 g/mol. The number of Topliss-reactive ketones (excluding diaryl/α,β-unsaturated/α-hetero) is 1. The van der Waals surface area contributed by atoms with Crippen LogP contribution < -0.4 is 20.9 Å². The Hall–Kier alpha value is -2.93. The lowest BCUT2D eigenvalue weighted by molar-refractivity contribution is 0.0961. The fraction of sp³-hybridized carbons (Fsp3) is 0.480. The van der Waals surface area contributed by atoms with Crippen molar-refractivity contribution in [3.05, 3.63) is 63.6 Å². The molecule has 7 nitrogen and oxygen atoms in total. The average Bonchev–Trinajstić information content (AvgIpc) is 2.83. The molecule has 2 heterocycles. The van der Waals surface area contributed by atoms with Gasteiger partial charge in [0.2, 0.25) is 0 Å². The predicted molar refractivity (Wildman–Crippen MR) is 125 cm³/mol. The first-order valence-corrected chi connectivity index (χ1v) is 11.3. The summed E-state index contributed by atoms with van der Waals surface area (Å²) in [5, 5.41) is 5.87. The van der Waals surface area contributed by atoms with Gasteiger partial charge in [-0.1, -0.05) is 25.0 Å². The first-order chi connectivity index (χ1) is 15.5. The van der Waals surface area contributed by atoms with E-state index in [0.29, 0.717) is 17.7 Å². The maximum absolute atomic E-state index is 12.9. The number of carbonyl (C=O) groups excluding carboxylic acids is 2. The normalized spacial score (nSPS) is 14.2.